The Balaban J connectivity index is 1.57. The van der Waals surface area contributed by atoms with Crippen LogP contribution in [0.1, 0.15) is 12.0 Å². The molecule has 142 valence electrons. The highest BCUT2D eigenvalue weighted by molar-refractivity contribution is 7.92. The van der Waals surface area contributed by atoms with Crippen molar-refractivity contribution >= 4 is 31.8 Å². The number of hydrogen-bond acceptors (Lipinski definition) is 5. The molecule has 1 aromatic rings. The van der Waals surface area contributed by atoms with Crippen molar-refractivity contribution in [3.63, 3.8) is 0 Å². The van der Waals surface area contributed by atoms with Gasteiger partial charge in [0.2, 0.25) is 15.9 Å². The lowest BCUT2D eigenvalue weighted by molar-refractivity contribution is -0.135. The lowest BCUT2D eigenvalue weighted by Gasteiger charge is -2.34. The number of nitrogens with zero attached hydrogens (tertiary/aromatic N) is 2. The van der Waals surface area contributed by atoms with Crippen LogP contribution in [0.5, 0.6) is 0 Å². The van der Waals surface area contributed by atoms with E-state index < -0.39 is 25.8 Å². The standard InChI is InChI=1S/C17H22N2O5S2/c20-17(16-7-12-25(21,22)14-16)18-8-10-19(11-9-18)26(23,24)13-6-15-4-2-1-3-5-15/h1-6,13,16H,7-12,14H2/b13-6+/t16-/m1/s1. The van der Waals surface area contributed by atoms with Crippen molar-refractivity contribution in [2.45, 2.75) is 6.42 Å². The van der Waals surface area contributed by atoms with Crippen molar-refractivity contribution in [2.75, 3.05) is 37.7 Å². The molecule has 0 spiro atoms. The summed E-state index contributed by atoms with van der Waals surface area (Å²) in [5.41, 5.74) is 0.798. The molecule has 7 nitrogen and oxygen atoms in total. The Morgan fingerprint density at radius 2 is 1.73 bits per heavy atom. The number of rotatable bonds is 4. The van der Waals surface area contributed by atoms with Gasteiger partial charge in [0.25, 0.3) is 0 Å². The van der Waals surface area contributed by atoms with E-state index in [1.165, 1.54) is 9.71 Å². The third kappa shape index (κ3) is 4.52. The van der Waals surface area contributed by atoms with Gasteiger partial charge < -0.3 is 4.90 Å². The maximum Gasteiger partial charge on any atom is 0.236 e. The van der Waals surface area contributed by atoms with Crippen LogP contribution in [0.2, 0.25) is 0 Å². The van der Waals surface area contributed by atoms with Gasteiger partial charge in [-0.25, -0.2) is 16.8 Å². The molecule has 1 amide bonds. The monoisotopic (exact) mass is 398 g/mol. The zero-order valence-electron chi connectivity index (χ0n) is 14.3. The van der Waals surface area contributed by atoms with Crippen LogP contribution in [0, 0.1) is 5.92 Å². The fraction of sp³-hybridized carbons (Fsp3) is 0.471. The van der Waals surface area contributed by atoms with Crippen LogP contribution < -0.4 is 0 Å². The predicted octanol–water partition coefficient (Wildman–Crippen LogP) is 0.566. The molecule has 1 aromatic carbocycles. The highest BCUT2D eigenvalue weighted by atomic mass is 32.2. The molecule has 0 N–H and O–H groups in total. The summed E-state index contributed by atoms with van der Waals surface area (Å²) in [5.74, 6) is -0.698. The van der Waals surface area contributed by atoms with Crippen molar-refractivity contribution < 1.29 is 21.6 Å². The summed E-state index contributed by atoms with van der Waals surface area (Å²) < 4.78 is 49.3. The normalized spacial score (nSPS) is 24.2. The molecule has 9 heteroatoms. The number of carbonyl (C=O) groups excluding carboxylic acids is 1. The lowest BCUT2D eigenvalue weighted by atomic mass is 10.1. The Morgan fingerprint density at radius 3 is 2.31 bits per heavy atom. The topological polar surface area (TPSA) is 91.8 Å². The summed E-state index contributed by atoms with van der Waals surface area (Å²) >= 11 is 0. The average Bonchev–Trinajstić information content (AvgIpc) is 3.00. The number of benzene rings is 1. The second kappa shape index (κ2) is 7.50. The van der Waals surface area contributed by atoms with E-state index in [2.05, 4.69) is 0 Å². The van der Waals surface area contributed by atoms with E-state index in [0.29, 0.717) is 6.42 Å². The molecule has 0 radical (unpaired) electrons. The van der Waals surface area contributed by atoms with Gasteiger partial charge in [-0.2, -0.15) is 4.31 Å². The molecule has 2 fully saturated rings. The minimum absolute atomic E-state index is 0.0576. The van der Waals surface area contributed by atoms with E-state index >= 15 is 0 Å². The van der Waals surface area contributed by atoms with Gasteiger partial charge in [-0.05, 0) is 18.1 Å². The Morgan fingerprint density at radius 1 is 1.08 bits per heavy atom. The number of piperazine rings is 1. The molecule has 3 rings (SSSR count). The summed E-state index contributed by atoms with van der Waals surface area (Å²) in [5, 5.41) is 1.18. The van der Waals surface area contributed by atoms with Crippen molar-refractivity contribution in [1.29, 1.82) is 0 Å². The Labute approximate surface area is 154 Å². The highest BCUT2D eigenvalue weighted by Crippen LogP contribution is 2.22. The first-order chi connectivity index (χ1) is 12.3. The van der Waals surface area contributed by atoms with Crippen LogP contribution in [0.25, 0.3) is 6.08 Å². The second-order valence-corrected chi connectivity index (χ2v) is 10.6. The molecule has 0 unspecified atom stereocenters. The summed E-state index contributed by atoms with van der Waals surface area (Å²) in [6, 6.07) is 9.16. The van der Waals surface area contributed by atoms with Crippen LogP contribution in [0.15, 0.2) is 35.7 Å². The zero-order chi connectivity index (χ0) is 18.8. The molecule has 2 aliphatic rings. The fourth-order valence-electron chi connectivity index (χ4n) is 3.23. The lowest BCUT2D eigenvalue weighted by Crippen LogP contribution is -2.51. The van der Waals surface area contributed by atoms with E-state index in [9.17, 15) is 21.6 Å². The molecule has 2 saturated heterocycles. The van der Waals surface area contributed by atoms with Crippen LogP contribution in [0.4, 0.5) is 0 Å². The minimum Gasteiger partial charge on any atom is -0.340 e. The first kappa shape index (κ1) is 19.1. The quantitative estimate of drug-likeness (QED) is 0.739. The smallest absolute Gasteiger partial charge is 0.236 e. The van der Waals surface area contributed by atoms with Gasteiger partial charge in [-0.3, -0.25) is 4.79 Å². The van der Waals surface area contributed by atoms with Gasteiger partial charge in [0.05, 0.1) is 17.4 Å². The van der Waals surface area contributed by atoms with E-state index in [-0.39, 0.29) is 43.6 Å². The van der Waals surface area contributed by atoms with Gasteiger partial charge in [0.1, 0.15) is 0 Å². The van der Waals surface area contributed by atoms with Crippen LogP contribution in [0.3, 0.4) is 0 Å². The maximum absolute atomic E-state index is 12.4. The van der Waals surface area contributed by atoms with E-state index in [4.69, 9.17) is 0 Å². The van der Waals surface area contributed by atoms with Gasteiger partial charge >= 0.3 is 0 Å². The zero-order valence-corrected chi connectivity index (χ0v) is 16.0. The Hall–Kier alpha value is -1.71. The summed E-state index contributed by atoms with van der Waals surface area (Å²) in [4.78, 5) is 14.0. The van der Waals surface area contributed by atoms with Crippen molar-refractivity contribution in [3.05, 3.63) is 41.3 Å². The van der Waals surface area contributed by atoms with Gasteiger partial charge in [-0.15, -0.1) is 0 Å². The van der Waals surface area contributed by atoms with Crippen LogP contribution in [-0.2, 0) is 24.7 Å². The predicted molar refractivity (Wildman–Crippen MR) is 99.3 cm³/mol. The van der Waals surface area contributed by atoms with E-state index in [0.717, 1.165) is 5.56 Å². The number of hydrogen-bond donors (Lipinski definition) is 0. The third-order valence-electron chi connectivity index (χ3n) is 4.72. The minimum atomic E-state index is -3.55. The molecular formula is C17H22N2O5S2. The second-order valence-electron chi connectivity index (χ2n) is 6.58. The average molecular weight is 399 g/mol. The maximum atomic E-state index is 12.4. The van der Waals surface area contributed by atoms with Gasteiger partial charge in [0, 0.05) is 31.6 Å². The third-order valence-corrected chi connectivity index (χ3v) is 8.06. The summed E-state index contributed by atoms with van der Waals surface area (Å²) in [6.07, 6.45) is 1.91. The first-order valence-corrected chi connectivity index (χ1v) is 11.8. The van der Waals surface area contributed by atoms with Crippen LogP contribution in [-0.4, -0.2) is 69.6 Å². The molecule has 26 heavy (non-hydrogen) atoms. The number of sulfonamides is 1. The summed E-state index contributed by atoms with van der Waals surface area (Å²) in [7, 11) is -6.66. The molecule has 0 saturated carbocycles. The molecule has 0 aromatic heterocycles. The number of sulfone groups is 1. The fourth-order valence-corrected chi connectivity index (χ4v) is 6.13. The Bertz CT molecular complexity index is 886. The molecule has 0 bridgehead atoms. The molecule has 2 heterocycles. The van der Waals surface area contributed by atoms with Gasteiger partial charge in [-0.1, -0.05) is 30.3 Å². The molecular weight excluding hydrogens is 376 g/mol. The van der Waals surface area contributed by atoms with Crippen molar-refractivity contribution in [1.82, 2.24) is 9.21 Å². The summed E-state index contributed by atoms with van der Waals surface area (Å²) in [6.45, 7) is 1.00. The van der Waals surface area contributed by atoms with E-state index in [1.807, 2.05) is 30.3 Å². The first-order valence-electron chi connectivity index (χ1n) is 8.49. The molecule has 2 aliphatic heterocycles. The molecule has 0 aliphatic carbocycles. The van der Waals surface area contributed by atoms with Crippen LogP contribution >= 0.6 is 0 Å². The van der Waals surface area contributed by atoms with Gasteiger partial charge in [0.15, 0.2) is 9.84 Å². The van der Waals surface area contributed by atoms with E-state index in [1.54, 1.807) is 11.0 Å². The largest absolute Gasteiger partial charge is 0.340 e. The Kier molecular flexibility index (Phi) is 5.50. The molecule has 1 atom stereocenters. The van der Waals surface area contributed by atoms with Crippen molar-refractivity contribution in [2.24, 2.45) is 5.92 Å². The highest BCUT2D eigenvalue weighted by Gasteiger charge is 2.37. The number of amides is 1. The SMILES string of the molecule is O=C([C@@H]1CCS(=O)(=O)C1)N1CCN(S(=O)(=O)/C=C/c2ccccc2)CC1. The van der Waals surface area contributed by atoms with Crippen molar-refractivity contribution in [3.8, 4) is 0 Å². The number of carbonyl (C=O) groups is 1.